The third-order valence-corrected chi connectivity index (χ3v) is 2.05. The summed E-state index contributed by atoms with van der Waals surface area (Å²) in [5.74, 6) is -0.365. The molecule has 1 rings (SSSR count). The van der Waals surface area contributed by atoms with Crippen LogP contribution in [0.4, 0.5) is 4.39 Å². The van der Waals surface area contributed by atoms with Gasteiger partial charge in [-0.05, 0) is 23.8 Å². The summed E-state index contributed by atoms with van der Waals surface area (Å²) in [7, 11) is 0. The highest BCUT2D eigenvalue weighted by molar-refractivity contribution is 5.38. The second kappa shape index (κ2) is 4.93. The maximum atomic E-state index is 12.6. The molecule has 0 radical (unpaired) electrons. The number of nitrogens with zero attached hydrogens (tertiary/aromatic N) is 2. The molecule has 0 aliphatic heterocycles. The van der Waals surface area contributed by atoms with Crippen LogP contribution in [0, 0.1) is 28.5 Å². The van der Waals surface area contributed by atoms with Crippen molar-refractivity contribution in [2.24, 2.45) is 0 Å². The van der Waals surface area contributed by atoms with Gasteiger partial charge in [0.05, 0.1) is 0 Å². The van der Waals surface area contributed by atoms with Gasteiger partial charge in [0, 0.05) is 5.92 Å². The van der Waals surface area contributed by atoms with Gasteiger partial charge in [0.15, 0.2) is 0 Å². The highest BCUT2D eigenvalue weighted by Crippen LogP contribution is 2.18. The smallest absolute Gasteiger partial charge is 0.126 e. The molecule has 0 saturated carbocycles. The third-order valence-electron chi connectivity index (χ3n) is 2.05. The van der Waals surface area contributed by atoms with Crippen LogP contribution in [-0.4, -0.2) is 0 Å². The first kappa shape index (κ1) is 10.9. The molecule has 74 valence electrons. The fraction of sp³-hybridized carbons (Fsp3) is 0.167. The first-order valence-electron chi connectivity index (χ1n) is 4.45. The summed E-state index contributed by atoms with van der Waals surface area (Å²) in [5.41, 5.74) is 0.950. The van der Waals surface area contributed by atoms with Crippen LogP contribution < -0.4 is 0 Å². The molecule has 0 heterocycles. The molecule has 3 heteroatoms. The molecular weight excluding hydrogens is 191 g/mol. The zero-order valence-electron chi connectivity index (χ0n) is 8.24. The molecule has 0 N–H and O–H groups in total. The zero-order chi connectivity index (χ0) is 11.3. The van der Waals surface area contributed by atoms with E-state index in [1.54, 1.807) is 30.3 Å². The summed E-state index contributed by atoms with van der Waals surface area (Å²) < 4.78 is 12.6. The van der Waals surface area contributed by atoms with Crippen LogP contribution in [0.15, 0.2) is 35.9 Å². The Balaban J connectivity index is 2.92. The maximum Gasteiger partial charge on any atom is 0.126 e. The average Bonchev–Trinajstić information content (AvgIpc) is 2.26. The Morgan fingerprint density at radius 2 is 1.80 bits per heavy atom. The van der Waals surface area contributed by atoms with Crippen molar-refractivity contribution in [3.63, 3.8) is 0 Å². The molecule has 0 aliphatic rings. The highest BCUT2D eigenvalue weighted by Gasteiger charge is 2.04. The summed E-state index contributed by atoms with van der Waals surface area (Å²) in [4.78, 5) is 0. The van der Waals surface area contributed by atoms with E-state index in [1.807, 2.05) is 6.92 Å². The monoisotopic (exact) mass is 200 g/mol. The van der Waals surface area contributed by atoms with Crippen LogP contribution in [0.2, 0.25) is 0 Å². The van der Waals surface area contributed by atoms with Crippen molar-refractivity contribution in [2.45, 2.75) is 12.8 Å². The van der Waals surface area contributed by atoms with Crippen molar-refractivity contribution in [1.29, 1.82) is 10.5 Å². The second-order valence-corrected chi connectivity index (χ2v) is 3.14. The number of allylic oxidation sites excluding steroid dienone is 2. The lowest BCUT2D eigenvalue weighted by molar-refractivity contribution is 0.626. The number of benzene rings is 1. The summed E-state index contributed by atoms with van der Waals surface area (Å²) in [6, 6.07) is 9.58. The first-order valence-corrected chi connectivity index (χ1v) is 4.45. The maximum absolute atomic E-state index is 12.6. The molecule has 0 aromatic heterocycles. The van der Waals surface area contributed by atoms with Gasteiger partial charge >= 0.3 is 0 Å². The van der Waals surface area contributed by atoms with Gasteiger partial charge in [-0.1, -0.05) is 19.1 Å². The van der Waals surface area contributed by atoms with Crippen LogP contribution >= 0.6 is 0 Å². The van der Waals surface area contributed by atoms with Crippen molar-refractivity contribution >= 4 is 0 Å². The Kier molecular flexibility index (Phi) is 3.60. The lowest BCUT2D eigenvalue weighted by Gasteiger charge is -2.05. The number of hydrogen-bond acceptors (Lipinski definition) is 2. The molecule has 0 aliphatic carbocycles. The van der Waals surface area contributed by atoms with Gasteiger partial charge in [0.1, 0.15) is 23.5 Å². The predicted octanol–water partition coefficient (Wildman–Crippen LogP) is 2.90. The molecule has 1 aromatic rings. The second-order valence-electron chi connectivity index (χ2n) is 3.14. The van der Waals surface area contributed by atoms with Gasteiger partial charge in [-0.2, -0.15) is 10.5 Å². The fourth-order valence-corrected chi connectivity index (χ4v) is 1.21. The molecule has 1 atom stereocenters. The van der Waals surface area contributed by atoms with E-state index in [0.29, 0.717) is 0 Å². The molecule has 2 nitrogen and oxygen atoms in total. The SMILES string of the molecule is CC(C=C(C#N)C#N)c1ccc(F)cc1. The van der Waals surface area contributed by atoms with E-state index < -0.39 is 0 Å². The molecule has 0 saturated heterocycles. The van der Waals surface area contributed by atoms with E-state index in [4.69, 9.17) is 10.5 Å². The van der Waals surface area contributed by atoms with Crippen molar-refractivity contribution in [3.8, 4) is 12.1 Å². The molecule has 0 amide bonds. The number of rotatable bonds is 2. The van der Waals surface area contributed by atoms with Crippen LogP contribution in [0.1, 0.15) is 18.4 Å². The van der Waals surface area contributed by atoms with Crippen molar-refractivity contribution in [2.75, 3.05) is 0 Å². The lowest BCUT2D eigenvalue weighted by Crippen LogP contribution is -1.90. The van der Waals surface area contributed by atoms with Crippen molar-refractivity contribution in [3.05, 3.63) is 47.3 Å². The van der Waals surface area contributed by atoms with Gasteiger partial charge in [-0.25, -0.2) is 4.39 Å². The van der Waals surface area contributed by atoms with Gasteiger partial charge < -0.3 is 0 Å². The quantitative estimate of drug-likeness (QED) is 0.689. The van der Waals surface area contributed by atoms with E-state index in [0.717, 1.165) is 5.56 Å². The Morgan fingerprint density at radius 1 is 1.27 bits per heavy atom. The van der Waals surface area contributed by atoms with Gasteiger partial charge in [-0.15, -0.1) is 0 Å². The molecule has 0 fully saturated rings. The standard InChI is InChI=1S/C12H9FN2/c1-9(6-10(7-14)8-15)11-2-4-12(13)5-3-11/h2-6,9H,1H3. The minimum absolute atomic E-state index is 0.0695. The van der Waals surface area contributed by atoms with Gasteiger partial charge in [0.25, 0.3) is 0 Å². The van der Waals surface area contributed by atoms with Crippen molar-refractivity contribution < 1.29 is 4.39 Å². The van der Waals surface area contributed by atoms with Crippen LogP contribution in [0.5, 0.6) is 0 Å². The Hall–Kier alpha value is -2.13. The first-order chi connectivity index (χ1) is 7.17. The topological polar surface area (TPSA) is 47.6 Å². The van der Waals surface area contributed by atoms with Crippen LogP contribution in [-0.2, 0) is 0 Å². The summed E-state index contributed by atoms with van der Waals surface area (Å²) in [6.07, 6.45) is 1.56. The molecular formula is C12H9FN2. The Bertz CT molecular complexity index is 430. The van der Waals surface area contributed by atoms with Crippen LogP contribution in [0.25, 0.3) is 0 Å². The molecule has 0 bridgehead atoms. The summed E-state index contributed by atoms with van der Waals surface area (Å²) >= 11 is 0. The van der Waals surface area contributed by atoms with E-state index in [9.17, 15) is 4.39 Å². The number of hydrogen-bond donors (Lipinski definition) is 0. The van der Waals surface area contributed by atoms with Gasteiger partial charge in [-0.3, -0.25) is 0 Å². The summed E-state index contributed by atoms with van der Waals surface area (Å²) in [5, 5.41) is 17.1. The predicted molar refractivity (Wildman–Crippen MR) is 54.1 cm³/mol. The summed E-state index contributed by atoms with van der Waals surface area (Å²) in [6.45, 7) is 1.85. The van der Waals surface area contributed by atoms with E-state index in [-0.39, 0.29) is 17.3 Å². The minimum Gasteiger partial charge on any atom is -0.207 e. The highest BCUT2D eigenvalue weighted by atomic mass is 19.1. The average molecular weight is 200 g/mol. The molecule has 0 spiro atoms. The zero-order valence-corrected chi connectivity index (χ0v) is 8.24. The lowest BCUT2D eigenvalue weighted by atomic mass is 9.99. The third kappa shape index (κ3) is 2.93. The van der Waals surface area contributed by atoms with E-state index in [2.05, 4.69) is 0 Å². The Morgan fingerprint density at radius 3 is 2.27 bits per heavy atom. The molecule has 1 unspecified atom stereocenters. The van der Waals surface area contributed by atoms with Gasteiger partial charge in [0.2, 0.25) is 0 Å². The largest absolute Gasteiger partial charge is 0.207 e. The Labute approximate surface area is 87.9 Å². The fourth-order valence-electron chi connectivity index (χ4n) is 1.21. The minimum atomic E-state index is -0.296. The number of nitriles is 2. The normalized spacial score (nSPS) is 10.9. The molecule has 1 aromatic carbocycles. The number of halogens is 1. The molecule has 15 heavy (non-hydrogen) atoms. The van der Waals surface area contributed by atoms with Crippen molar-refractivity contribution in [1.82, 2.24) is 0 Å². The van der Waals surface area contributed by atoms with E-state index in [1.165, 1.54) is 12.1 Å². The van der Waals surface area contributed by atoms with Crippen LogP contribution in [0.3, 0.4) is 0 Å². The van der Waals surface area contributed by atoms with E-state index >= 15 is 0 Å².